The average molecular weight is 227 g/mol. The molecule has 1 unspecified atom stereocenters. The Bertz CT molecular complexity index is 527. The van der Waals surface area contributed by atoms with E-state index in [9.17, 15) is 0 Å². The molecule has 1 aliphatic heterocycles. The zero-order chi connectivity index (χ0) is 11.7. The van der Waals surface area contributed by atoms with E-state index in [4.69, 9.17) is 10.5 Å². The second kappa shape index (κ2) is 4.14. The summed E-state index contributed by atoms with van der Waals surface area (Å²) in [6.45, 7) is 0.536. The van der Waals surface area contributed by atoms with Gasteiger partial charge < -0.3 is 10.5 Å². The van der Waals surface area contributed by atoms with Crippen molar-refractivity contribution >= 4 is 0 Å². The predicted molar refractivity (Wildman–Crippen MR) is 64.6 cm³/mol. The monoisotopic (exact) mass is 227 g/mol. The fourth-order valence-electron chi connectivity index (χ4n) is 2.11. The Morgan fingerprint density at radius 2 is 2.29 bits per heavy atom. The summed E-state index contributed by atoms with van der Waals surface area (Å²) in [5.74, 6) is 0.906. The Morgan fingerprint density at radius 1 is 1.35 bits per heavy atom. The van der Waals surface area contributed by atoms with E-state index in [1.807, 2.05) is 12.1 Å². The Hall–Kier alpha value is -1.94. The lowest BCUT2D eigenvalue weighted by atomic mass is 10.0. The van der Waals surface area contributed by atoms with E-state index >= 15 is 0 Å². The molecule has 0 amide bonds. The van der Waals surface area contributed by atoms with Gasteiger partial charge in [-0.15, -0.1) is 0 Å². The van der Waals surface area contributed by atoms with Crippen molar-refractivity contribution in [2.75, 3.05) is 6.54 Å². The Balaban J connectivity index is 2.07. The zero-order valence-electron chi connectivity index (χ0n) is 9.34. The molecule has 0 saturated heterocycles. The first kappa shape index (κ1) is 10.2. The van der Waals surface area contributed by atoms with E-state index in [1.165, 1.54) is 5.56 Å². The fourth-order valence-corrected chi connectivity index (χ4v) is 2.11. The Morgan fingerprint density at radius 3 is 3.06 bits per heavy atom. The largest absolute Gasteiger partial charge is 0.488 e. The molecule has 1 atom stereocenters. The van der Waals surface area contributed by atoms with Gasteiger partial charge in [0, 0.05) is 30.9 Å². The lowest BCUT2D eigenvalue weighted by molar-refractivity contribution is 0.242. The topological polar surface area (TPSA) is 61.0 Å². The van der Waals surface area contributed by atoms with E-state index in [2.05, 4.69) is 16.0 Å². The Labute approximate surface area is 99.5 Å². The van der Waals surface area contributed by atoms with Crippen LogP contribution in [0.2, 0.25) is 0 Å². The van der Waals surface area contributed by atoms with Gasteiger partial charge in [-0.3, -0.25) is 9.97 Å². The van der Waals surface area contributed by atoms with Crippen LogP contribution in [0.25, 0.3) is 11.3 Å². The molecule has 2 heterocycles. The average Bonchev–Trinajstić information content (AvgIpc) is 2.82. The predicted octanol–water partition coefficient (Wildman–Crippen LogP) is 1.41. The van der Waals surface area contributed by atoms with E-state index in [1.54, 1.807) is 18.6 Å². The smallest absolute Gasteiger partial charge is 0.132 e. The van der Waals surface area contributed by atoms with Crippen molar-refractivity contribution in [2.24, 2.45) is 5.73 Å². The molecular formula is C13H13N3O. The molecule has 0 aliphatic carbocycles. The fraction of sp³-hybridized carbons (Fsp3) is 0.231. The molecule has 0 fully saturated rings. The number of benzene rings is 1. The minimum absolute atomic E-state index is 0.0859. The summed E-state index contributed by atoms with van der Waals surface area (Å²) in [7, 11) is 0. The van der Waals surface area contributed by atoms with Crippen LogP contribution in [-0.4, -0.2) is 22.6 Å². The zero-order valence-corrected chi connectivity index (χ0v) is 9.34. The molecule has 1 aromatic heterocycles. The van der Waals surface area contributed by atoms with Crippen LogP contribution in [0.4, 0.5) is 0 Å². The van der Waals surface area contributed by atoms with Gasteiger partial charge in [-0.1, -0.05) is 12.1 Å². The normalized spacial score (nSPS) is 17.6. The highest BCUT2D eigenvalue weighted by Crippen LogP contribution is 2.37. The van der Waals surface area contributed by atoms with Gasteiger partial charge in [0.05, 0.1) is 11.9 Å². The van der Waals surface area contributed by atoms with Crippen LogP contribution in [0, 0.1) is 0 Å². The molecule has 0 saturated carbocycles. The number of aromatic nitrogens is 2. The third-order valence-electron chi connectivity index (χ3n) is 2.93. The number of ether oxygens (including phenoxy) is 1. The van der Waals surface area contributed by atoms with Crippen LogP contribution < -0.4 is 10.5 Å². The first-order valence-electron chi connectivity index (χ1n) is 5.63. The SMILES string of the molecule is NCC1Cc2cccc(-c3cnccn3)c2O1. The van der Waals surface area contributed by atoms with Crippen LogP contribution >= 0.6 is 0 Å². The van der Waals surface area contributed by atoms with Crippen LogP contribution in [0.5, 0.6) is 5.75 Å². The molecule has 2 N–H and O–H groups in total. The summed E-state index contributed by atoms with van der Waals surface area (Å²) in [5.41, 5.74) is 8.67. The van der Waals surface area contributed by atoms with Crippen molar-refractivity contribution in [3.63, 3.8) is 0 Å². The molecule has 1 aromatic carbocycles. The highest BCUT2D eigenvalue weighted by Gasteiger charge is 2.24. The number of nitrogens with zero attached hydrogens (tertiary/aromatic N) is 2. The molecule has 1 aliphatic rings. The van der Waals surface area contributed by atoms with Gasteiger partial charge in [0.15, 0.2) is 0 Å². The number of fused-ring (bicyclic) bond motifs is 1. The maximum atomic E-state index is 5.85. The van der Waals surface area contributed by atoms with Crippen LogP contribution in [0.1, 0.15) is 5.56 Å². The Kier molecular flexibility index (Phi) is 2.49. The molecule has 17 heavy (non-hydrogen) atoms. The third kappa shape index (κ3) is 1.76. The summed E-state index contributed by atoms with van der Waals surface area (Å²) in [6.07, 6.45) is 6.05. The molecule has 0 spiro atoms. The van der Waals surface area contributed by atoms with E-state index < -0.39 is 0 Å². The molecule has 86 valence electrons. The highest BCUT2D eigenvalue weighted by atomic mass is 16.5. The summed E-state index contributed by atoms with van der Waals surface area (Å²) >= 11 is 0. The number of para-hydroxylation sites is 1. The van der Waals surface area contributed by atoms with Gasteiger partial charge in [0.2, 0.25) is 0 Å². The molecule has 0 radical (unpaired) electrons. The van der Waals surface area contributed by atoms with Crippen molar-refractivity contribution in [3.8, 4) is 17.0 Å². The van der Waals surface area contributed by atoms with Gasteiger partial charge >= 0.3 is 0 Å². The first-order valence-corrected chi connectivity index (χ1v) is 5.63. The van der Waals surface area contributed by atoms with Crippen LogP contribution in [-0.2, 0) is 6.42 Å². The van der Waals surface area contributed by atoms with Crippen molar-refractivity contribution in [2.45, 2.75) is 12.5 Å². The standard InChI is InChI=1S/C13H13N3O/c14-7-10-6-9-2-1-3-11(13(9)17-10)12-8-15-4-5-16-12/h1-5,8,10H,6-7,14H2. The molecular weight excluding hydrogens is 214 g/mol. The third-order valence-corrected chi connectivity index (χ3v) is 2.93. The highest BCUT2D eigenvalue weighted by molar-refractivity contribution is 5.69. The van der Waals surface area contributed by atoms with Crippen molar-refractivity contribution in [1.82, 2.24) is 9.97 Å². The van der Waals surface area contributed by atoms with Gasteiger partial charge in [-0.2, -0.15) is 0 Å². The lowest BCUT2D eigenvalue weighted by Crippen LogP contribution is -2.24. The summed E-state index contributed by atoms with van der Waals surface area (Å²) in [4.78, 5) is 8.39. The number of rotatable bonds is 2. The van der Waals surface area contributed by atoms with Gasteiger partial charge in [-0.25, -0.2) is 0 Å². The summed E-state index contributed by atoms with van der Waals surface area (Å²) in [5, 5.41) is 0. The molecule has 4 nitrogen and oxygen atoms in total. The summed E-state index contributed by atoms with van der Waals surface area (Å²) in [6, 6.07) is 6.09. The van der Waals surface area contributed by atoms with Gasteiger partial charge in [0.1, 0.15) is 11.9 Å². The minimum Gasteiger partial charge on any atom is -0.488 e. The first-order chi connectivity index (χ1) is 8.38. The number of hydrogen-bond acceptors (Lipinski definition) is 4. The van der Waals surface area contributed by atoms with Crippen molar-refractivity contribution in [3.05, 3.63) is 42.4 Å². The number of nitrogens with two attached hydrogens (primary N) is 1. The maximum Gasteiger partial charge on any atom is 0.132 e. The maximum absolute atomic E-state index is 5.85. The molecule has 3 rings (SSSR count). The molecule has 0 bridgehead atoms. The van der Waals surface area contributed by atoms with Gasteiger partial charge in [0.25, 0.3) is 0 Å². The van der Waals surface area contributed by atoms with Crippen LogP contribution in [0.3, 0.4) is 0 Å². The van der Waals surface area contributed by atoms with E-state index in [0.29, 0.717) is 6.54 Å². The summed E-state index contributed by atoms with van der Waals surface area (Å²) < 4.78 is 5.85. The van der Waals surface area contributed by atoms with Crippen molar-refractivity contribution in [1.29, 1.82) is 0 Å². The van der Waals surface area contributed by atoms with E-state index in [-0.39, 0.29) is 6.10 Å². The van der Waals surface area contributed by atoms with Gasteiger partial charge in [-0.05, 0) is 11.6 Å². The van der Waals surface area contributed by atoms with Crippen molar-refractivity contribution < 1.29 is 4.74 Å². The minimum atomic E-state index is 0.0859. The molecule has 4 heteroatoms. The van der Waals surface area contributed by atoms with E-state index in [0.717, 1.165) is 23.4 Å². The van der Waals surface area contributed by atoms with Crippen LogP contribution in [0.15, 0.2) is 36.8 Å². The second-order valence-electron chi connectivity index (χ2n) is 4.06. The lowest BCUT2D eigenvalue weighted by Gasteiger charge is -2.09. The second-order valence-corrected chi connectivity index (χ2v) is 4.06. The number of hydrogen-bond donors (Lipinski definition) is 1. The quantitative estimate of drug-likeness (QED) is 0.842. The molecule has 2 aromatic rings.